The van der Waals surface area contributed by atoms with Gasteiger partial charge >= 0.3 is 0 Å². The fraction of sp³-hybridized carbons (Fsp3) is 0.429. The largest absolute Gasteiger partial charge is 0.381 e. The van der Waals surface area contributed by atoms with E-state index in [0.717, 1.165) is 72.2 Å². The lowest BCUT2D eigenvalue weighted by atomic mass is 10.0. The van der Waals surface area contributed by atoms with Crippen LogP contribution in [0.2, 0.25) is 0 Å². The first-order valence-electron chi connectivity index (χ1n) is 10.8. The highest BCUT2D eigenvalue weighted by atomic mass is 32.1. The van der Waals surface area contributed by atoms with Crippen molar-refractivity contribution in [1.82, 2.24) is 39.7 Å². The molecule has 1 N–H and O–H groups in total. The van der Waals surface area contributed by atoms with E-state index in [-0.39, 0.29) is 6.04 Å². The number of anilines is 1. The molecular weight excluding hydrogens is 426 g/mol. The zero-order valence-corrected chi connectivity index (χ0v) is 18.7. The van der Waals surface area contributed by atoms with Gasteiger partial charge in [-0.2, -0.15) is 0 Å². The minimum atomic E-state index is 0.0993. The molecule has 164 valence electrons. The molecular formula is C21H23N9OS. The maximum absolute atomic E-state index is 5.64. The van der Waals surface area contributed by atoms with Crippen LogP contribution in [-0.2, 0) is 4.74 Å². The topological polar surface area (TPSA) is 111 Å². The van der Waals surface area contributed by atoms with Crippen molar-refractivity contribution in [2.24, 2.45) is 0 Å². The minimum Gasteiger partial charge on any atom is -0.381 e. The van der Waals surface area contributed by atoms with Gasteiger partial charge in [0.05, 0.1) is 18.4 Å². The van der Waals surface area contributed by atoms with Crippen LogP contribution < -0.4 is 4.90 Å². The van der Waals surface area contributed by atoms with Crippen molar-refractivity contribution in [2.75, 3.05) is 18.1 Å². The predicted molar refractivity (Wildman–Crippen MR) is 120 cm³/mol. The van der Waals surface area contributed by atoms with Gasteiger partial charge in [0.15, 0.2) is 28.3 Å². The third-order valence-electron chi connectivity index (χ3n) is 6.14. The normalized spacial score (nSPS) is 18.6. The molecule has 0 radical (unpaired) electrons. The Morgan fingerprint density at radius 3 is 2.81 bits per heavy atom. The van der Waals surface area contributed by atoms with Crippen LogP contribution >= 0.6 is 11.3 Å². The predicted octanol–water partition coefficient (Wildman–Crippen LogP) is 3.33. The van der Waals surface area contributed by atoms with Crippen LogP contribution in [-0.4, -0.2) is 58.9 Å². The van der Waals surface area contributed by atoms with Crippen molar-refractivity contribution in [3.63, 3.8) is 0 Å². The number of hydrogen-bond donors (Lipinski definition) is 1. The third kappa shape index (κ3) is 3.03. The number of imidazole rings is 1. The van der Waals surface area contributed by atoms with Crippen LogP contribution in [0, 0.1) is 6.92 Å². The van der Waals surface area contributed by atoms with Gasteiger partial charge in [-0.1, -0.05) is 6.92 Å². The van der Waals surface area contributed by atoms with E-state index in [2.05, 4.69) is 46.5 Å². The second-order valence-electron chi connectivity index (χ2n) is 8.00. The number of ether oxygens (including phenoxy) is 1. The molecule has 0 aromatic carbocycles. The van der Waals surface area contributed by atoms with Crippen LogP contribution in [0.25, 0.3) is 28.0 Å². The quantitative estimate of drug-likeness (QED) is 0.505. The molecule has 1 atom stereocenters. The Balaban J connectivity index is 1.48. The van der Waals surface area contributed by atoms with Crippen molar-refractivity contribution in [3.05, 3.63) is 35.6 Å². The molecule has 11 heteroatoms. The van der Waals surface area contributed by atoms with Gasteiger partial charge in [0.25, 0.3) is 0 Å². The van der Waals surface area contributed by atoms with Gasteiger partial charge in [-0.3, -0.25) is 4.57 Å². The molecule has 0 saturated carbocycles. The Labute approximate surface area is 188 Å². The molecule has 0 spiro atoms. The fourth-order valence-electron chi connectivity index (χ4n) is 4.66. The number of H-pyrrole nitrogens is 1. The molecule has 0 bridgehead atoms. The molecule has 4 aromatic rings. The number of fused-ring (bicyclic) bond motifs is 3. The summed E-state index contributed by atoms with van der Waals surface area (Å²) in [5.41, 5.74) is 1.69. The van der Waals surface area contributed by atoms with Crippen molar-refractivity contribution in [1.29, 1.82) is 0 Å². The Morgan fingerprint density at radius 2 is 2.03 bits per heavy atom. The summed E-state index contributed by atoms with van der Waals surface area (Å²) in [6.45, 7) is 5.68. The summed E-state index contributed by atoms with van der Waals surface area (Å²) in [7, 11) is 0. The monoisotopic (exact) mass is 449 g/mol. The van der Waals surface area contributed by atoms with E-state index < -0.39 is 0 Å². The highest BCUT2D eigenvalue weighted by Gasteiger charge is 2.39. The summed E-state index contributed by atoms with van der Waals surface area (Å²) in [6.07, 6.45) is 8.24. The van der Waals surface area contributed by atoms with Crippen LogP contribution in [0.1, 0.15) is 43.9 Å². The van der Waals surface area contributed by atoms with Crippen molar-refractivity contribution < 1.29 is 4.74 Å². The molecule has 0 amide bonds. The maximum Gasteiger partial charge on any atom is 0.179 e. The molecule has 2 aliphatic heterocycles. The second-order valence-corrected chi connectivity index (χ2v) is 8.90. The molecule has 1 saturated heterocycles. The number of aryl methyl sites for hydroxylation is 1. The Morgan fingerprint density at radius 1 is 1.16 bits per heavy atom. The first kappa shape index (κ1) is 19.5. The fourth-order valence-corrected chi connectivity index (χ4v) is 5.25. The summed E-state index contributed by atoms with van der Waals surface area (Å²) in [5.74, 6) is 4.04. The highest BCUT2D eigenvalue weighted by Crippen LogP contribution is 2.42. The van der Waals surface area contributed by atoms with Crippen molar-refractivity contribution in [3.8, 4) is 28.0 Å². The zero-order chi connectivity index (χ0) is 21.7. The lowest BCUT2D eigenvalue weighted by molar-refractivity contribution is 0.0817. The average molecular weight is 450 g/mol. The van der Waals surface area contributed by atoms with Gasteiger partial charge in [-0.15, -0.1) is 21.5 Å². The molecule has 0 aliphatic carbocycles. The van der Waals surface area contributed by atoms with Crippen LogP contribution in [0.3, 0.4) is 0 Å². The van der Waals surface area contributed by atoms with Gasteiger partial charge in [0.1, 0.15) is 17.2 Å². The first-order chi connectivity index (χ1) is 15.7. The maximum atomic E-state index is 5.64. The summed E-state index contributed by atoms with van der Waals surface area (Å²) < 4.78 is 7.74. The number of hydrogen-bond acceptors (Lipinski definition) is 9. The van der Waals surface area contributed by atoms with Crippen LogP contribution in [0.5, 0.6) is 0 Å². The van der Waals surface area contributed by atoms with Gasteiger partial charge in [0.2, 0.25) is 0 Å². The molecule has 6 rings (SSSR count). The number of nitrogens with one attached hydrogen (secondary N) is 1. The third-order valence-corrected chi connectivity index (χ3v) is 6.92. The van der Waals surface area contributed by atoms with E-state index in [1.165, 1.54) is 0 Å². The Hall–Kier alpha value is -3.18. The lowest BCUT2D eigenvalue weighted by Gasteiger charge is -2.43. The zero-order valence-electron chi connectivity index (χ0n) is 17.9. The molecule has 0 unspecified atom stereocenters. The minimum absolute atomic E-state index is 0.0993. The van der Waals surface area contributed by atoms with Crippen molar-refractivity contribution >= 4 is 17.2 Å². The number of aromatic amines is 1. The second kappa shape index (κ2) is 7.75. The van der Waals surface area contributed by atoms with E-state index in [0.29, 0.717) is 11.9 Å². The van der Waals surface area contributed by atoms with E-state index >= 15 is 0 Å². The Kier molecular flexibility index (Phi) is 4.72. The average Bonchev–Trinajstić information content (AvgIpc) is 3.59. The van der Waals surface area contributed by atoms with E-state index in [1.807, 2.05) is 18.5 Å². The van der Waals surface area contributed by atoms with E-state index in [4.69, 9.17) is 9.72 Å². The van der Waals surface area contributed by atoms with Crippen LogP contribution in [0.4, 0.5) is 5.82 Å². The Bertz CT molecular complexity index is 1240. The molecule has 4 aromatic heterocycles. The molecule has 1 fully saturated rings. The lowest BCUT2D eigenvalue weighted by Crippen LogP contribution is -2.45. The van der Waals surface area contributed by atoms with Gasteiger partial charge < -0.3 is 14.6 Å². The molecule has 10 nitrogen and oxygen atoms in total. The summed E-state index contributed by atoms with van der Waals surface area (Å²) >= 11 is 1.54. The number of nitrogens with zero attached hydrogens (tertiary/aromatic N) is 8. The first-order valence-corrected chi connectivity index (χ1v) is 11.7. The number of thiazole rings is 1. The van der Waals surface area contributed by atoms with Gasteiger partial charge in [0, 0.05) is 30.8 Å². The molecule has 2 aliphatic rings. The number of rotatable bonds is 4. The molecule has 6 heterocycles. The summed E-state index contributed by atoms with van der Waals surface area (Å²) in [4.78, 5) is 24.3. The summed E-state index contributed by atoms with van der Waals surface area (Å²) in [6, 6.07) is 0.427. The number of aromatic nitrogens is 8. The smallest absolute Gasteiger partial charge is 0.179 e. The van der Waals surface area contributed by atoms with Gasteiger partial charge in [-0.05, 0) is 26.2 Å². The van der Waals surface area contributed by atoms with Crippen molar-refractivity contribution in [2.45, 2.75) is 45.2 Å². The summed E-state index contributed by atoms with van der Waals surface area (Å²) in [5, 5.41) is 11.7. The van der Waals surface area contributed by atoms with Gasteiger partial charge in [-0.25, -0.2) is 19.9 Å². The standard InChI is InChI=1S/C21H23N9OS/c1-3-15-20-28-27-12(2)29(20)16-11-24-17(14-10-23-18(25-14)21-22-6-9-32-21)26-19(16)30(15)13-4-7-31-8-5-13/h6,9-11,13,15H,3-5,7-8H2,1-2H3,(H,23,25)/t15-/m1/s1. The van der Waals surface area contributed by atoms with E-state index in [9.17, 15) is 0 Å². The van der Waals surface area contributed by atoms with E-state index in [1.54, 1.807) is 23.7 Å². The SMILES string of the molecule is CC[C@@H]1c2nnc(C)n2-c2cnc(-c3cnc(-c4nccs4)[nH]3)nc2N1C1CCOCC1. The van der Waals surface area contributed by atoms with Crippen LogP contribution in [0.15, 0.2) is 24.0 Å². The molecule has 32 heavy (non-hydrogen) atoms. The highest BCUT2D eigenvalue weighted by molar-refractivity contribution is 7.13.